The van der Waals surface area contributed by atoms with Crippen molar-refractivity contribution in [3.63, 3.8) is 0 Å². The van der Waals surface area contributed by atoms with Crippen LogP contribution in [-0.2, 0) is 28.5 Å². The molecule has 0 N–H and O–H groups in total. The first-order valence-corrected chi connectivity index (χ1v) is 8.33. The minimum absolute atomic E-state index is 0.0131. The molecule has 6 nitrogen and oxygen atoms in total. The molecule has 0 spiro atoms. The molecule has 1 saturated heterocycles. The average molecular weight is 349 g/mol. The Labute approximate surface area is 142 Å². The van der Waals surface area contributed by atoms with Gasteiger partial charge in [0.2, 0.25) is 0 Å². The fourth-order valence-electron chi connectivity index (χ4n) is 2.59. The topological polar surface area (TPSA) is 63.2 Å². The predicted octanol–water partition coefficient (Wildman–Crippen LogP) is 2.45. The van der Waals surface area contributed by atoms with Crippen molar-refractivity contribution < 1.29 is 28.5 Å². The van der Waals surface area contributed by atoms with Gasteiger partial charge in [0.05, 0.1) is 38.8 Å². The average Bonchev–Trinajstić information content (AvgIpc) is 2.54. The van der Waals surface area contributed by atoms with E-state index < -0.39 is 12.3 Å². The number of hydrogen-bond donors (Lipinski definition) is 0. The number of carbonyl (C=O) groups excluding carboxylic acids is 1. The minimum Gasteiger partial charge on any atom is -0.472 e. The van der Waals surface area contributed by atoms with E-state index in [1.165, 1.54) is 13.4 Å². The summed E-state index contributed by atoms with van der Waals surface area (Å²) in [5.74, 6) is -0.119. The van der Waals surface area contributed by atoms with Gasteiger partial charge in [-0.15, -0.1) is 11.6 Å². The Kier molecular flexibility index (Phi) is 6.71. The number of alkyl halides is 1. The van der Waals surface area contributed by atoms with E-state index in [-0.39, 0.29) is 17.6 Å². The van der Waals surface area contributed by atoms with Crippen LogP contribution in [0, 0.1) is 11.3 Å². The van der Waals surface area contributed by atoms with Crippen LogP contribution in [0.25, 0.3) is 0 Å². The van der Waals surface area contributed by atoms with E-state index in [4.69, 9.17) is 35.3 Å². The SMILES string of the molecule is COC(=O)C1=CO[C@@H](OCCCl)C[C@@H]1CC1OCC(C)(C)CO1. The zero-order valence-corrected chi connectivity index (χ0v) is 14.6. The van der Waals surface area contributed by atoms with Gasteiger partial charge in [0.25, 0.3) is 0 Å². The Bertz CT molecular complexity index is 426. The van der Waals surface area contributed by atoms with Gasteiger partial charge in [0.1, 0.15) is 0 Å². The van der Waals surface area contributed by atoms with Gasteiger partial charge in [-0.2, -0.15) is 0 Å². The third kappa shape index (κ3) is 5.35. The summed E-state index contributed by atoms with van der Waals surface area (Å²) in [6, 6.07) is 0. The van der Waals surface area contributed by atoms with Crippen LogP contribution in [0.5, 0.6) is 0 Å². The number of methoxy groups -OCH3 is 1. The predicted molar refractivity (Wildman–Crippen MR) is 83.8 cm³/mol. The lowest BCUT2D eigenvalue weighted by molar-refractivity contribution is -0.229. The molecule has 132 valence electrons. The number of esters is 1. The van der Waals surface area contributed by atoms with Gasteiger partial charge in [-0.05, 0) is 0 Å². The number of ether oxygens (including phenoxy) is 5. The third-order valence-corrected chi connectivity index (χ3v) is 4.02. The van der Waals surface area contributed by atoms with E-state index in [1.54, 1.807) is 0 Å². The summed E-state index contributed by atoms with van der Waals surface area (Å²) in [4.78, 5) is 11.9. The van der Waals surface area contributed by atoms with Crippen LogP contribution in [-0.4, -0.2) is 51.4 Å². The largest absolute Gasteiger partial charge is 0.472 e. The Morgan fingerprint density at radius 2 is 2.09 bits per heavy atom. The highest BCUT2D eigenvalue weighted by Crippen LogP contribution is 2.33. The van der Waals surface area contributed by atoms with Crippen molar-refractivity contribution in [2.24, 2.45) is 11.3 Å². The zero-order valence-electron chi connectivity index (χ0n) is 13.9. The molecule has 0 aliphatic carbocycles. The molecule has 0 saturated carbocycles. The summed E-state index contributed by atoms with van der Waals surface area (Å²) in [6.45, 7) is 5.83. The van der Waals surface area contributed by atoms with E-state index in [9.17, 15) is 4.79 Å². The lowest BCUT2D eigenvalue weighted by atomic mass is 9.90. The Hall–Kier alpha value is -0.820. The first kappa shape index (κ1) is 18.5. The van der Waals surface area contributed by atoms with Crippen molar-refractivity contribution in [2.75, 3.05) is 32.8 Å². The summed E-state index contributed by atoms with van der Waals surface area (Å²) < 4.78 is 27.3. The summed E-state index contributed by atoms with van der Waals surface area (Å²) in [5.41, 5.74) is 0.495. The normalized spacial score (nSPS) is 27.9. The molecular formula is C16H25ClO6. The van der Waals surface area contributed by atoms with E-state index in [1.807, 2.05) is 0 Å². The third-order valence-electron chi connectivity index (χ3n) is 3.86. The molecule has 1 fully saturated rings. The lowest BCUT2D eigenvalue weighted by Crippen LogP contribution is -2.40. The molecule has 0 unspecified atom stereocenters. The Morgan fingerprint density at radius 3 is 2.70 bits per heavy atom. The monoisotopic (exact) mass is 348 g/mol. The van der Waals surface area contributed by atoms with Crippen LogP contribution in [0.15, 0.2) is 11.8 Å². The zero-order chi connectivity index (χ0) is 16.9. The lowest BCUT2D eigenvalue weighted by Gasteiger charge is -2.37. The Morgan fingerprint density at radius 1 is 1.39 bits per heavy atom. The Balaban J connectivity index is 1.98. The van der Waals surface area contributed by atoms with E-state index in [0.717, 1.165) is 0 Å². The number of hydrogen-bond acceptors (Lipinski definition) is 6. The van der Waals surface area contributed by atoms with Crippen LogP contribution >= 0.6 is 11.6 Å². The minimum atomic E-state index is -0.424. The van der Waals surface area contributed by atoms with Crippen molar-refractivity contribution in [1.82, 2.24) is 0 Å². The molecule has 23 heavy (non-hydrogen) atoms. The van der Waals surface area contributed by atoms with Crippen LogP contribution in [0.3, 0.4) is 0 Å². The second kappa shape index (κ2) is 8.33. The molecule has 2 aliphatic rings. The first-order valence-electron chi connectivity index (χ1n) is 7.80. The first-order chi connectivity index (χ1) is 10.9. The van der Waals surface area contributed by atoms with Crippen LogP contribution in [0.1, 0.15) is 26.7 Å². The molecule has 0 aromatic heterocycles. The van der Waals surface area contributed by atoms with E-state index in [2.05, 4.69) is 13.8 Å². The summed E-state index contributed by atoms with van der Waals surface area (Å²) in [7, 11) is 1.35. The highest BCUT2D eigenvalue weighted by atomic mass is 35.5. The standard InChI is InChI=1S/C16H25ClO6/c1-16(2)9-22-14(23-10-16)7-11-6-13(20-5-4-17)21-8-12(11)15(18)19-3/h8,11,13-14H,4-7,9-10H2,1-3H3/t11-,13-/m1/s1. The number of carbonyl (C=O) groups is 1. The molecule has 2 heterocycles. The molecular weight excluding hydrogens is 324 g/mol. The van der Waals surface area contributed by atoms with Gasteiger partial charge in [0, 0.05) is 30.1 Å². The molecule has 2 aliphatic heterocycles. The number of halogens is 1. The highest BCUT2D eigenvalue weighted by Gasteiger charge is 2.36. The van der Waals surface area contributed by atoms with E-state index >= 15 is 0 Å². The summed E-state index contributed by atoms with van der Waals surface area (Å²) in [6.07, 6.45) is 1.75. The van der Waals surface area contributed by atoms with Gasteiger partial charge in [0.15, 0.2) is 12.6 Å². The quantitative estimate of drug-likeness (QED) is 0.542. The molecule has 2 rings (SSSR count). The fourth-order valence-corrected chi connectivity index (χ4v) is 2.68. The van der Waals surface area contributed by atoms with Gasteiger partial charge >= 0.3 is 5.97 Å². The molecule has 0 bridgehead atoms. The van der Waals surface area contributed by atoms with Gasteiger partial charge in [-0.1, -0.05) is 13.8 Å². The molecule has 2 atom stereocenters. The molecule has 0 amide bonds. The van der Waals surface area contributed by atoms with Crippen LogP contribution in [0.2, 0.25) is 0 Å². The number of rotatable bonds is 6. The molecule has 7 heteroatoms. The second-order valence-electron chi connectivity index (χ2n) is 6.57. The van der Waals surface area contributed by atoms with Crippen molar-refractivity contribution in [1.29, 1.82) is 0 Å². The van der Waals surface area contributed by atoms with Crippen molar-refractivity contribution in [2.45, 2.75) is 39.3 Å². The maximum absolute atomic E-state index is 11.9. The van der Waals surface area contributed by atoms with E-state index in [0.29, 0.717) is 44.1 Å². The highest BCUT2D eigenvalue weighted by molar-refractivity contribution is 6.17. The maximum Gasteiger partial charge on any atom is 0.337 e. The van der Waals surface area contributed by atoms with Gasteiger partial charge in [-0.3, -0.25) is 0 Å². The van der Waals surface area contributed by atoms with Crippen LogP contribution in [0.4, 0.5) is 0 Å². The molecule has 0 radical (unpaired) electrons. The smallest absolute Gasteiger partial charge is 0.337 e. The summed E-state index contributed by atoms with van der Waals surface area (Å²) >= 11 is 5.63. The second-order valence-corrected chi connectivity index (χ2v) is 6.95. The fraction of sp³-hybridized carbons (Fsp3) is 0.812. The van der Waals surface area contributed by atoms with Gasteiger partial charge in [-0.25, -0.2) is 4.79 Å². The van der Waals surface area contributed by atoms with Crippen molar-refractivity contribution >= 4 is 17.6 Å². The van der Waals surface area contributed by atoms with Crippen molar-refractivity contribution in [3.8, 4) is 0 Å². The van der Waals surface area contributed by atoms with Crippen LogP contribution < -0.4 is 0 Å². The summed E-state index contributed by atoms with van der Waals surface area (Å²) in [5, 5.41) is 0. The molecule has 0 aromatic carbocycles. The van der Waals surface area contributed by atoms with Crippen molar-refractivity contribution in [3.05, 3.63) is 11.8 Å². The maximum atomic E-state index is 11.9. The molecule has 0 aromatic rings. The van der Waals surface area contributed by atoms with Gasteiger partial charge < -0.3 is 23.7 Å².